The highest BCUT2D eigenvalue weighted by Crippen LogP contribution is 2.08. The Labute approximate surface area is 134 Å². The molecule has 1 aromatic heterocycles. The molecule has 0 aliphatic carbocycles. The molecule has 1 amide bonds. The second kappa shape index (κ2) is 7.67. The smallest absolute Gasteiger partial charge is 0.222 e. The number of Topliss-reactive ketones (excluding diaryl/α,β-unsaturated/α-hetero) is 1. The van der Waals surface area contributed by atoms with Crippen molar-refractivity contribution in [2.75, 3.05) is 13.6 Å². The molecular formula is C17H20FN3O2. The van der Waals surface area contributed by atoms with E-state index in [0.717, 1.165) is 12.0 Å². The Morgan fingerprint density at radius 1 is 1.22 bits per heavy atom. The molecule has 0 fully saturated rings. The van der Waals surface area contributed by atoms with Gasteiger partial charge in [0.2, 0.25) is 5.91 Å². The fraction of sp³-hybridized carbons (Fsp3) is 0.353. The Bertz CT molecular complexity index is 679. The summed E-state index contributed by atoms with van der Waals surface area (Å²) in [6.07, 6.45) is 4.69. The normalized spacial score (nSPS) is 10.6. The standard InChI is InChI=1S/C17H20FN3O2/c1-20(10-9-13-11-19-21(2)12-13)17(23)8-7-16(22)14-3-5-15(18)6-4-14/h3-6,11-12H,7-10H2,1-2H3. The molecule has 0 aliphatic rings. The number of likely N-dealkylation sites (N-methyl/N-ethyl adjacent to an activating group) is 1. The van der Waals surface area contributed by atoms with Crippen LogP contribution in [0.3, 0.4) is 0 Å². The van der Waals surface area contributed by atoms with Crippen molar-refractivity contribution in [2.24, 2.45) is 7.05 Å². The van der Waals surface area contributed by atoms with Gasteiger partial charge >= 0.3 is 0 Å². The van der Waals surface area contributed by atoms with Gasteiger partial charge in [0.05, 0.1) is 6.20 Å². The monoisotopic (exact) mass is 317 g/mol. The number of amides is 1. The van der Waals surface area contributed by atoms with Crippen molar-refractivity contribution in [3.05, 3.63) is 53.6 Å². The average Bonchev–Trinajstić information content (AvgIpc) is 2.96. The van der Waals surface area contributed by atoms with Crippen LogP contribution in [0.15, 0.2) is 36.7 Å². The summed E-state index contributed by atoms with van der Waals surface area (Å²) in [6.45, 7) is 0.579. The Kier molecular flexibility index (Phi) is 5.62. The molecule has 0 saturated carbocycles. The molecule has 0 aliphatic heterocycles. The molecule has 0 spiro atoms. The molecule has 0 unspecified atom stereocenters. The van der Waals surface area contributed by atoms with Gasteiger partial charge in [-0.3, -0.25) is 14.3 Å². The van der Waals surface area contributed by atoms with Crippen LogP contribution in [0.2, 0.25) is 0 Å². The van der Waals surface area contributed by atoms with Gasteiger partial charge in [-0.15, -0.1) is 0 Å². The quantitative estimate of drug-likeness (QED) is 0.736. The van der Waals surface area contributed by atoms with Gasteiger partial charge in [0.1, 0.15) is 5.82 Å². The number of hydrogen-bond acceptors (Lipinski definition) is 3. The molecule has 122 valence electrons. The summed E-state index contributed by atoms with van der Waals surface area (Å²) in [4.78, 5) is 25.6. The van der Waals surface area contributed by atoms with Crippen molar-refractivity contribution >= 4 is 11.7 Å². The van der Waals surface area contributed by atoms with Gasteiger partial charge in [-0.2, -0.15) is 5.10 Å². The van der Waals surface area contributed by atoms with Gasteiger partial charge in [-0.25, -0.2) is 4.39 Å². The van der Waals surface area contributed by atoms with Crippen LogP contribution >= 0.6 is 0 Å². The highest BCUT2D eigenvalue weighted by Gasteiger charge is 2.13. The lowest BCUT2D eigenvalue weighted by atomic mass is 10.1. The van der Waals surface area contributed by atoms with Crippen molar-refractivity contribution in [3.63, 3.8) is 0 Å². The second-order valence-electron chi connectivity index (χ2n) is 5.52. The maximum atomic E-state index is 12.8. The maximum absolute atomic E-state index is 12.8. The molecule has 2 rings (SSSR count). The molecule has 0 bridgehead atoms. The Hall–Kier alpha value is -2.50. The zero-order valence-electron chi connectivity index (χ0n) is 13.3. The Morgan fingerprint density at radius 3 is 2.52 bits per heavy atom. The van der Waals surface area contributed by atoms with Crippen molar-refractivity contribution in [1.82, 2.24) is 14.7 Å². The first kappa shape index (κ1) is 16.9. The average molecular weight is 317 g/mol. The van der Waals surface area contributed by atoms with E-state index in [9.17, 15) is 14.0 Å². The highest BCUT2D eigenvalue weighted by atomic mass is 19.1. The van der Waals surface area contributed by atoms with Gasteiger partial charge in [0.25, 0.3) is 0 Å². The van der Waals surface area contributed by atoms with Gasteiger partial charge in [0, 0.05) is 45.2 Å². The van der Waals surface area contributed by atoms with Crippen molar-refractivity contribution < 1.29 is 14.0 Å². The number of aromatic nitrogens is 2. The fourth-order valence-electron chi connectivity index (χ4n) is 2.21. The second-order valence-corrected chi connectivity index (χ2v) is 5.52. The van der Waals surface area contributed by atoms with Crippen molar-refractivity contribution in [1.29, 1.82) is 0 Å². The Balaban J connectivity index is 1.77. The summed E-state index contributed by atoms with van der Waals surface area (Å²) in [5.41, 5.74) is 1.49. The third-order valence-corrected chi connectivity index (χ3v) is 3.65. The predicted octanol–water partition coefficient (Wildman–Crippen LogP) is 2.22. The number of rotatable bonds is 7. The number of hydrogen-bond donors (Lipinski definition) is 0. The largest absolute Gasteiger partial charge is 0.345 e. The number of carbonyl (C=O) groups is 2. The summed E-state index contributed by atoms with van der Waals surface area (Å²) >= 11 is 0. The molecule has 5 nitrogen and oxygen atoms in total. The number of nitrogens with zero attached hydrogens (tertiary/aromatic N) is 3. The highest BCUT2D eigenvalue weighted by molar-refractivity contribution is 5.97. The van der Waals surface area contributed by atoms with Crippen LogP contribution in [-0.2, 0) is 18.3 Å². The van der Waals surface area contributed by atoms with E-state index in [1.807, 2.05) is 13.2 Å². The third kappa shape index (κ3) is 5.02. The zero-order valence-corrected chi connectivity index (χ0v) is 13.3. The molecule has 0 saturated heterocycles. The van der Waals surface area contributed by atoms with Crippen molar-refractivity contribution in [2.45, 2.75) is 19.3 Å². The van der Waals surface area contributed by atoms with Gasteiger partial charge in [0.15, 0.2) is 5.78 Å². The minimum Gasteiger partial charge on any atom is -0.345 e. The molecule has 0 radical (unpaired) electrons. The molecule has 23 heavy (non-hydrogen) atoms. The van der Waals surface area contributed by atoms with Gasteiger partial charge < -0.3 is 4.90 Å². The van der Waals surface area contributed by atoms with E-state index in [1.54, 1.807) is 22.8 Å². The fourth-order valence-corrected chi connectivity index (χ4v) is 2.21. The van der Waals surface area contributed by atoms with Crippen LogP contribution in [-0.4, -0.2) is 40.0 Å². The molecule has 0 atom stereocenters. The number of benzene rings is 1. The molecule has 1 aromatic carbocycles. The van der Waals surface area contributed by atoms with Crippen LogP contribution in [0.1, 0.15) is 28.8 Å². The molecule has 0 N–H and O–H groups in total. The van der Waals surface area contributed by atoms with Gasteiger partial charge in [-0.05, 0) is 36.2 Å². The first-order valence-corrected chi connectivity index (χ1v) is 7.46. The molecule has 1 heterocycles. The lowest BCUT2D eigenvalue weighted by Gasteiger charge is -2.16. The summed E-state index contributed by atoms with van der Waals surface area (Å²) in [5.74, 6) is -0.615. The molecule has 6 heteroatoms. The summed E-state index contributed by atoms with van der Waals surface area (Å²) in [6, 6.07) is 5.37. The van der Waals surface area contributed by atoms with E-state index in [1.165, 1.54) is 24.3 Å². The lowest BCUT2D eigenvalue weighted by Crippen LogP contribution is -2.29. The van der Waals surface area contributed by atoms with E-state index in [4.69, 9.17) is 0 Å². The minimum atomic E-state index is -0.382. The molecule has 2 aromatic rings. The van der Waals surface area contributed by atoms with E-state index in [2.05, 4.69) is 5.10 Å². The number of aryl methyl sites for hydroxylation is 1. The topological polar surface area (TPSA) is 55.2 Å². The summed E-state index contributed by atoms with van der Waals surface area (Å²) < 4.78 is 14.5. The molecular weight excluding hydrogens is 297 g/mol. The van der Waals surface area contributed by atoms with Crippen LogP contribution in [0.5, 0.6) is 0 Å². The van der Waals surface area contributed by atoms with Crippen LogP contribution in [0.4, 0.5) is 4.39 Å². The summed E-state index contributed by atoms with van der Waals surface area (Å²) in [5, 5.41) is 4.08. The summed E-state index contributed by atoms with van der Waals surface area (Å²) in [7, 11) is 3.57. The lowest BCUT2D eigenvalue weighted by molar-refractivity contribution is -0.129. The zero-order chi connectivity index (χ0) is 16.8. The Morgan fingerprint density at radius 2 is 1.91 bits per heavy atom. The first-order valence-electron chi connectivity index (χ1n) is 7.46. The predicted molar refractivity (Wildman–Crippen MR) is 84.5 cm³/mol. The number of halogens is 1. The van der Waals surface area contributed by atoms with Crippen molar-refractivity contribution in [3.8, 4) is 0 Å². The van der Waals surface area contributed by atoms with Gasteiger partial charge in [-0.1, -0.05) is 0 Å². The maximum Gasteiger partial charge on any atom is 0.222 e. The van der Waals surface area contributed by atoms with E-state index >= 15 is 0 Å². The third-order valence-electron chi connectivity index (χ3n) is 3.65. The van der Waals surface area contributed by atoms with E-state index in [-0.39, 0.29) is 30.3 Å². The SMILES string of the molecule is CN(CCc1cnn(C)c1)C(=O)CCC(=O)c1ccc(F)cc1. The van der Waals surface area contributed by atoms with Crippen LogP contribution in [0, 0.1) is 5.82 Å². The van der Waals surface area contributed by atoms with Crippen LogP contribution < -0.4 is 0 Å². The number of carbonyl (C=O) groups excluding carboxylic acids is 2. The minimum absolute atomic E-state index is 0.0793. The number of ketones is 1. The van der Waals surface area contributed by atoms with E-state index < -0.39 is 0 Å². The first-order chi connectivity index (χ1) is 11.0. The van der Waals surface area contributed by atoms with E-state index in [0.29, 0.717) is 12.1 Å². The van der Waals surface area contributed by atoms with Crippen LogP contribution in [0.25, 0.3) is 0 Å².